The Labute approximate surface area is 132 Å². The van der Waals surface area contributed by atoms with Gasteiger partial charge in [-0.1, -0.05) is 11.6 Å². The van der Waals surface area contributed by atoms with Crippen molar-refractivity contribution in [2.75, 3.05) is 19.0 Å². The van der Waals surface area contributed by atoms with Crippen LogP contribution in [0.4, 0.5) is 19.1 Å². The van der Waals surface area contributed by atoms with Crippen LogP contribution < -0.4 is 4.90 Å². The van der Waals surface area contributed by atoms with Crippen LogP contribution in [-0.2, 0) is 6.18 Å². The van der Waals surface area contributed by atoms with E-state index in [0.29, 0.717) is 0 Å². The standard InChI is InChI=1S/C13H10BrClF3NO2/c1-19(2)12-9(10(20)11(14)21-12)6-3-7(13(16,17)18)5-8(15)4-6/h3-5,20H,1-2H3. The number of anilines is 1. The summed E-state index contributed by atoms with van der Waals surface area (Å²) in [5, 5.41) is 9.93. The first-order valence-electron chi connectivity index (χ1n) is 5.68. The van der Waals surface area contributed by atoms with E-state index >= 15 is 0 Å². The average Bonchev–Trinajstić information content (AvgIpc) is 2.64. The van der Waals surface area contributed by atoms with E-state index in [1.165, 1.54) is 11.0 Å². The molecule has 8 heteroatoms. The van der Waals surface area contributed by atoms with Crippen LogP contribution in [0.25, 0.3) is 11.1 Å². The molecule has 0 amide bonds. The molecule has 1 heterocycles. The van der Waals surface area contributed by atoms with Gasteiger partial charge in [0.2, 0.25) is 10.6 Å². The molecule has 0 aliphatic heterocycles. The Morgan fingerprint density at radius 1 is 1.24 bits per heavy atom. The van der Waals surface area contributed by atoms with Gasteiger partial charge in [0.05, 0.1) is 11.1 Å². The van der Waals surface area contributed by atoms with Gasteiger partial charge in [-0.05, 0) is 39.7 Å². The molecule has 0 unspecified atom stereocenters. The average molecular weight is 385 g/mol. The number of benzene rings is 1. The molecule has 2 rings (SSSR count). The molecule has 1 N–H and O–H groups in total. The first kappa shape index (κ1) is 16.0. The van der Waals surface area contributed by atoms with E-state index in [1.54, 1.807) is 14.1 Å². The summed E-state index contributed by atoms with van der Waals surface area (Å²) in [5.74, 6) is -0.0659. The van der Waals surface area contributed by atoms with E-state index in [-0.39, 0.29) is 32.5 Å². The number of halogens is 5. The number of rotatable bonds is 2. The topological polar surface area (TPSA) is 36.6 Å². The van der Waals surface area contributed by atoms with Gasteiger partial charge in [-0.15, -0.1) is 0 Å². The Kier molecular flexibility index (Phi) is 4.17. The second kappa shape index (κ2) is 5.46. The largest absolute Gasteiger partial charge is 0.503 e. The first-order valence-corrected chi connectivity index (χ1v) is 6.85. The number of furan rings is 1. The molecule has 3 nitrogen and oxygen atoms in total. The lowest BCUT2D eigenvalue weighted by molar-refractivity contribution is -0.137. The quantitative estimate of drug-likeness (QED) is 0.778. The van der Waals surface area contributed by atoms with Crippen molar-refractivity contribution in [2.24, 2.45) is 0 Å². The molecule has 0 aliphatic rings. The molecule has 1 aromatic carbocycles. The minimum absolute atomic E-state index is 0.0368. The fourth-order valence-electron chi connectivity index (χ4n) is 1.86. The van der Waals surface area contributed by atoms with Crippen LogP contribution in [0.2, 0.25) is 5.02 Å². The van der Waals surface area contributed by atoms with Gasteiger partial charge in [-0.2, -0.15) is 13.2 Å². The zero-order chi connectivity index (χ0) is 15.9. The van der Waals surface area contributed by atoms with E-state index in [0.717, 1.165) is 12.1 Å². The Bertz CT molecular complexity index is 683. The highest BCUT2D eigenvalue weighted by Gasteiger charge is 2.32. The van der Waals surface area contributed by atoms with E-state index in [9.17, 15) is 18.3 Å². The van der Waals surface area contributed by atoms with Crippen molar-refractivity contribution in [3.63, 3.8) is 0 Å². The molecule has 2 aromatic rings. The Morgan fingerprint density at radius 2 is 1.86 bits per heavy atom. The third-order valence-electron chi connectivity index (χ3n) is 2.74. The van der Waals surface area contributed by atoms with Crippen molar-refractivity contribution in [1.29, 1.82) is 0 Å². The fraction of sp³-hybridized carbons (Fsp3) is 0.231. The SMILES string of the molecule is CN(C)c1oc(Br)c(O)c1-c1cc(Cl)cc(C(F)(F)F)c1. The third kappa shape index (κ3) is 3.13. The molecule has 0 saturated carbocycles. The molecule has 0 radical (unpaired) electrons. The van der Waals surface area contributed by atoms with Crippen LogP contribution in [0.5, 0.6) is 5.75 Å². The normalized spacial score (nSPS) is 11.8. The maximum atomic E-state index is 12.9. The highest BCUT2D eigenvalue weighted by Crippen LogP contribution is 2.47. The second-order valence-corrected chi connectivity index (χ2v) is 5.68. The van der Waals surface area contributed by atoms with E-state index in [4.69, 9.17) is 16.0 Å². The Morgan fingerprint density at radius 3 is 2.38 bits per heavy atom. The predicted octanol–water partition coefficient (Wildman–Crippen LogP) is 5.15. The number of aromatic hydroxyl groups is 1. The van der Waals surface area contributed by atoms with Crippen LogP contribution in [-0.4, -0.2) is 19.2 Å². The minimum Gasteiger partial charge on any atom is -0.503 e. The van der Waals surface area contributed by atoms with Crippen LogP contribution >= 0.6 is 27.5 Å². The Hall–Kier alpha value is -1.34. The fourth-order valence-corrected chi connectivity index (χ4v) is 2.44. The molecular weight excluding hydrogens is 374 g/mol. The summed E-state index contributed by atoms with van der Waals surface area (Å²) in [5.41, 5.74) is -0.642. The molecule has 0 atom stereocenters. The van der Waals surface area contributed by atoms with Gasteiger partial charge in [0.25, 0.3) is 0 Å². The first-order chi connectivity index (χ1) is 9.61. The van der Waals surface area contributed by atoms with Gasteiger partial charge < -0.3 is 14.4 Å². The summed E-state index contributed by atoms with van der Waals surface area (Å²) in [6.45, 7) is 0. The zero-order valence-electron chi connectivity index (χ0n) is 10.9. The number of hydrogen-bond acceptors (Lipinski definition) is 3. The monoisotopic (exact) mass is 383 g/mol. The van der Waals surface area contributed by atoms with Gasteiger partial charge in [-0.25, -0.2) is 0 Å². The third-order valence-corrected chi connectivity index (χ3v) is 3.50. The number of nitrogens with zero attached hydrogens (tertiary/aromatic N) is 1. The van der Waals surface area contributed by atoms with Gasteiger partial charge >= 0.3 is 6.18 Å². The van der Waals surface area contributed by atoms with Gasteiger partial charge in [0.15, 0.2) is 5.75 Å². The van der Waals surface area contributed by atoms with Crippen LogP contribution in [0.1, 0.15) is 5.56 Å². The number of hydrogen-bond donors (Lipinski definition) is 1. The summed E-state index contributed by atoms with van der Waals surface area (Å²) >= 11 is 8.77. The van der Waals surface area contributed by atoms with Crippen molar-refractivity contribution in [3.8, 4) is 16.9 Å². The molecular formula is C13H10BrClF3NO2. The van der Waals surface area contributed by atoms with Crippen molar-refractivity contribution in [1.82, 2.24) is 0 Å². The van der Waals surface area contributed by atoms with Crippen molar-refractivity contribution in [3.05, 3.63) is 33.5 Å². The van der Waals surface area contributed by atoms with Crippen molar-refractivity contribution >= 4 is 33.4 Å². The molecule has 0 fully saturated rings. The molecule has 0 aliphatic carbocycles. The molecule has 0 bridgehead atoms. The van der Waals surface area contributed by atoms with E-state index in [2.05, 4.69) is 15.9 Å². The summed E-state index contributed by atoms with van der Waals surface area (Å²) in [6, 6.07) is 3.07. The van der Waals surface area contributed by atoms with E-state index in [1.807, 2.05) is 0 Å². The number of alkyl halides is 3. The molecule has 21 heavy (non-hydrogen) atoms. The highest BCUT2D eigenvalue weighted by molar-refractivity contribution is 9.10. The van der Waals surface area contributed by atoms with Gasteiger partial charge in [0.1, 0.15) is 0 Å². The maximum Gasteiger partial charge on any atom is 0.416 e. The lowest BCUT2D eigenvalue weighted by atomic mass is 10.0. The summed E-state index contributed by atoms with van der Waals surface area (Å²) in [7, 11) is 3.28. The molecule has 0 saturated heterocycles. The second-order valence-electron chi connectivity index (χ2n) is 4.53. The molecule has 114 valence electrons. The lowest BCUT2D eigenvalue weighted by Gasteiger charge is -2.13. The smallest absolute Gasteiger partial charge is 0.416 e. The van der Waals surface area contributed by atoms with Crippen LogP contribution in [0, 0.1) is 0 Å². The molecule has 1 aromatic heterocycles. The lowest BCUT2D eigenvalue weighted by Crippen LogP contribution is -2.09. The summed E-state index contributed by atoms with van der Waals surface area (Å²) in [6.07, 6.45) is -4.53. The summed E-state index contributed by atoms with van der Waals surface area (Å²) in [4.78, 5) is 1.54. The minimum atomic E-state index is -4.53. The molecule has 0 spiro atoms. The van der Waals surface area contributed by atoms with Crippen LogP contribution in [0.3, 0.4) is 0 Å². The van der Waals surface area contributed by atoms with Gasteiger partial charge in [0, 0.05) is 19.1 Å². The van der Waals surface area contributed by atoms with E-state index < -0.39 is 11.7 Å². The zero-order valence-corrected chi connectivity index (χ0v) is 13.3. The summed E-state index contributed by atoms with van der Waals surface area (Å²) < 4.78 is 43.9. The predicted molar refractivity (Wildman–Crippen MR) is 77.8 cm³/mol. The maximum absolute atomic E-state index is 12.9. The van der Waals surface area contributed by atoms with Crippen LogP contribution in [0.15, 0.2) is 27.3 Å². The Balaban J connectivity index is 2.70. The van der Waals surface area contributed by atoms with Crippen molar-refractivity contribution in [2.45, 2.75) is 6.18 Å². The highest BCUT2D eigenvalue weighted by atomic mass is 79.9. The van der Waals surface area contributed by atoms with Crippen molar-refractivity contribution < 1.29 is 22.7 Å². The van der Waals surface area contributed by atoms with Gasteiger partial charge in [-0.3, -0.25) is 0 Å².